The van der Waals surface area contributed by atoms with Crippen LogP contribution in [0.4, 0.5) is 5.69 Å². The number of aryl methyl sites for hydroxylation is 5. The van der Waals surface area contributed by atoms with Crippen LogP contribution in [-0.4, -0.2) is 28.9 Å². The quantitative estimate of drug-likeness (QED) is 0.164. The second-order valence-corrected chi connectivity index (χ2v) is 26.7. The highest BCUT2D eigenvalue weighted by molar-refractivity contribution is 7.99. The average molecular weight is 1160 g/mol. The Morgan fingerprint density at radius 2 is 0.798 bits per heavy atom. The summed E-state index contributed by atoms with van der Waals surface area (Å²) in [5.74, 6) is 7.38. The predicted molar refractivity (Wildman–Crippen MR) is 379 cm³/mol. The molecular weight excluding hydrogens is 1040 g/mol. The molecule has 12 rings (SSSR count). The van der Waals surface area contributed by atoms with E-state index >= 15 is 0 Å². The van der Waals surface area contributed by atoms with Gasteiger partial charge in [-0.3, -0.25) is 9.97 Å². The van der Waals surface area contributed by atoms with Crippen molar-refractivity contribution in [3.63, 3.8) is 0 Å². The van der Waals surface area contributed by atoms with Crippen LogP contribution < -0.4 is 10.1 Å². The lowest BCUT2D eigenvalue weighted by Gasteiger charge is -2.16. The number of hydrogen-bond donors (Lipinski definition) is 1. The van der Waals surface area contributed by atoms with Gasteiger partial charge in [0.1, 0.15) is 5.75 Å². The number of benzene rings is 6. The van der Waals surface area contributed by atoms with Gasteiger partial charge in [-0.1, -0.05) is 252 Å². The zero-order valence-electron chi connectivity index (χ0n) is 56.2. The molecule has 0 saturated heterocycles. The average Bonchev–Trinajstić information content (AvgIpc) is 3.49. The normalized spacial score (nSPS) is 12.6. The number of aromatic nitrogens is 2. The van der Waals surface area contributed by atoms with E-state index in [-0.39, 0.29) is 0 Å². The van der Waals surface area contributed by atoms with Gasteiger partial charge in [0.05, 0.1) is 12.1 Å². The van der Waals surface area contributed by atoms with Crippen molar-refractivity contribution in [3.05, 3.63) is 210 Å². The zero-order chi connectivity index (χ0) is 62.3. The Kier molecular flexibility index (Phi) is 43.8. The summed E-state index contributed by atoms with van der Waals surface area (Å²) in [4.78, 5) is 9.69. The van der Waals surface area contributed by atoms with Crippen molar-refractivity contribution >= 4 is 39.1 Å². The van der Waals surface area contributed by atoms with Crippen LogP contribution in [0, 0.1) is 35.5 Å². The van der Waals surface area contributed by atoms with E-state index in [2.05, 4.69) is 249 Å². The Morgan fingerprint density at radius 3 is 1.33 bits per heavy atom. The minimum absolute atomic E-state index is 0.833. The minimum Gasteiger partial charge on any atom is -0.493 e. The summed E-state index contributed by atoms with van der Waals surface area (Å²) in [7, 11) is 0. The molecule has 5 heterocycles. The molecule has 8 aromatic rings. The Balaban J connectivity index is 0.000000469. The molecule has 1 N–H and O–H groups in total. The van der Waals surface area contributed by atoms with E-state index in [1.807, 2.05) is 84.9 Å². The predicted octanol–water partition coefficient (Wildman–Crippen LogP) is 23.8. The largest absolute Gasteiger partial charge is 0.493 e. The standard InChI is InChI=1S/C10H12.C9H11N.2C9H7N.C9H10O.C9H10S.6C4H10/c1-2-6-10-8-4-3-7-9(10)5-1;2*1-2-6-9-8(4-1)5-3-7-10-9;1-2-4-9-7-10-6-5-8(9)3-1;2*1-2-6-9-8(4-1)5-3-7-10-9;6*1-4(2)3/h1-2,5-6H,3-4,7-8H2;1-2,4,6,10H,3,5,7H2;2*1-7H;2*1-2,4,6H,3,5,7H2;6*4H,1-3H3. The number of anilines is 1. The molecule has 6 aromatic carbocycles. The SMILES string of the molecule is CC(C)C.CC(C)C.CC(C)C.CC(C)C.CC(C)C.CC(C)C.c1ccc2c(c1)CCCC2.c1ccc2c(c1)CCCN2.c1ccc2c(c1)CCCO2.c1ccc2c(c1)CCCS2.c1ccc2cnccc2c1.c1ccc2ncccc2c1. The van der Waals surface area contributed by atoms with Crippen LogP contribution in [-0.2, 0) is 32.1 Å². The molecule has 0 fully saturated rings. The van der Waals surface area contributed by atoms with Gasteiger partial charge >= 0.3 is 0 Å². The van der Waals surface area contributed by atoms with Gasteiger partial charge in [-0.2, -0.15) is 0 Å². The van der Waals surface area contributed by atoms with Gasteiger partial charge in [-0.25, -0.2) is 0 Å². The fourth-order valence-corrected chi connectivity index (χ4v) is 8.76. The van der Waals surface area contributed by atoms with E-state index in [1.54, 1.807) is 16.7 Å². The van der Waals surface area contributed by atoms with Gasteiger partial charge < -0.3 is 10.1 Å². The van der Waals surface area contributed by atoms with E-state index in [9.17, 15) is 0 Å². The number of para-hydroxylation sites is 3. The summed E-state index contributed by atoms with van der Waals surface area (Å²) in [5.41, 5.74) is 9.91. The number of nitrogens with zero attached hydrogens (tertiary/aromatic N) is 2. The van der Waals surface area contributed by atoms with Crippen molar-refractivity contribution in [1.82, 2.24) is 9.97 Å². The molecule has 4 nitrogen and oxygen atoms in total. The molecule has 5 heteroatoms. The first kappa shape index (κ1) is 76.1. The van der Waals surface area contributed by atoms with E-state index in [0.29, 0.717) is 0 Å². The highest BCUT2D eigenvalue weighted by Gasteiger charge is 2.09. The molecule has 0 spiro atoms. The molecule has 3 aliphatic heterocycles. The third-order valence-corrected chi connectivity index (χ3v) is 12.1. The first-order valence-electron chi connectivity index (χ1n) is 32.1. The zero-order valence-corrected chi connectivity index (χ0v) is 57.0. The van der Waals surface area contributed by atoms with E-state index in [0.717, 1.165) is 66.3 Å². The van der Waals surface area contributed by atoms with E-state index in [1.165, 1.54) is 101 Å². The number of hydrogen-bond acceptors (Lipinski definition) is 5. The summed E-state index contributed by atoms with van der Waals surface area (Å²) in [6, 6.07) is 56.6. The highest BCUT2D eigenvalue weighted by atomic mass is 32.2. The molecule has 0 atom stereocenters. The number of ether oxygens (including phenoxy) is 1. The maximum absolute atomic E-state index is 5.42. The number of pyridine rings is 2. The van der Waals surface area contributed by atoms with E-state index < -0.39 is 0 Å². The Hall–Kier alpha value is -5.91. The highest BCUT2D eigenvalue weighted by Crippen LogP contribution is 2.29. The molecule has 0 radical (unpaired) electrons. The topological polar surface area (TPSA) is 47.0 Å². The molecule has 0 bridgehead atoms. The van der Waals surface area contributed by atoms with Crippen molar-refractivity contribution in [3.8, 4) is 5.75 Å². The summed E-state index contributed by atoms with van der Waals surface area (Å²) in [6.45, 7) is 41.0. The third kappa shape index (κ3) is 41.2. The Bertz CT molecular complexity index is 2240. The van der Waals surface area contributed by atoms with Crippen molar-refractivity contribution in [2.75, 3.05) is 24.2 Å². The van der Waals surface area contributed by atoms with Crippen LogP contribution in [0.3, 0.4) is 0 Å². The summed E-state index contributed by atoms with van der Waals surface area (Å²) >= 11 is 1.99. The lowest BCUT2D eigenvalue weighted by atomic mass is 9.92. The van der Waals surface area contributed by atoms with Gasteiger partial charge in [-0.15, -0.1) is 11.8 Å². The lowest BCUT2D eigenvalue weighted by molar-refractivity contribution is 0.288. The van der Waals surface area contributed by atoms with Crippen molar-refractivity contribution in [2.45, 2.75) is 194 Å². The van der Waals surface area contributed by atoms with Crippen LogP contribution >= 0.6 is 11.8 Å². The molecule has 0 amide bonds. The molecular formula is C79H117N3OS. The molecule has 0 saturated carbocycles. The van der Waals surface area contributed by atoms with E-state index in [4.69, 9.17) is 4.74 Å². The molecule has 460 valence electrons. The maximum atomic E-state index is 5.42. The van der Waals surface area contributed by atoms with Crippen LogP contribution in [0.1, 0.15) is 185 Å². The summed E-state index contributed by atoms with van der Waals surface area (Å²) in [6.07, 6.45) is 18.3. The first-order chi connectivity index (χ1) is 40.2. The van der Waals surface area contributed by atoms with Gasteiger partial charge in [0.25, 0.3) is 0 Å². The van der Waals surface area contributed by atoms with Gasteiger partial charge in [0, 0.05) is 41.1 Å². The van der Waals surface area contributed by atoms with Crippen molar-refractivity contribution < 1.29 is 4.74 Å². The second kappa shape index (κ2) is 48.3. The number of fused-ring (bicyclic) bond motifs is 6. The van der Waals surface area contributed by atoms with Gasteiger partial charge in [0.15, 0.2) is 0 Å². The first-order valence-corrected chi connectivity index (χ1v) is 33.1. The molecule has 1 aliphatic carbocycles. The van der Waals surface area contributed by atoms with Gasteiger partial charge in [-0.05, 0) is 180 Å². The molecule has 2 aromatic heterocycles. The summed E-state index contributed by atoms with van der Waals surface area (Å²) < 4.78 is 5.42. The number of thioether (sulfide) groups is 1. The summed E-state index contributed by atoms with van der Waals surface area (Å²) in [5, 5.41) is 7.01. The van der Waals surface area contributed by atoms with Crippen LogP contribution in [0.15, 0.2) is 187 Å². The monoisotopic (exact) mass is 1160 g/mol. The van der Waals surface area contributed by atoms with Crippen LogP contribution in [0.5, 0.6) is 5.75 Å². The fourth-order valence-electron chi connectivity index (χ4n) is 7.72. The second-order valence-electron chi connectivity index (χ2n) is 25.6. The Labute approximate surface area is 520 Å². The molecule has 84 heavy (non-hydrogen) atoms. The Morgan fingerprint density at radius 1 is 0.369 bits per heavy atom. The number of nitrogens with one attached hydrogen (secondary N) is 1. The maximum Gasteiger partial charge on any atom is 0.122 e. The van der Waals surface area contributed by atoms with Crippen LogP contribution in [0.2, 0.25) is 0 Å². The molecule has 4 aliphatic rings. The van der Waals surface area contributed by atoms with Crippen LogP contribution in [0.25, 0.3) is 21.7 Å². The number of rotatable bonds is 0. The third-order valence-electron chi connectivity index (χ3n) is 10.9. The lowest BCUT2D eigenvalue weighted by Crippen LogP contribution is -2.10. The van der Waals surface area contributed by atoms with Gasteiger partial charge in [0.2, 0.25) is 0 Å². The van der Waals surface area contributed by atoms with Crippen molar-refractivity contribution in [1.29, 1.82) is 0 Å². The minimum atomic E-state index is 0.833. The molecule has 0 unspecified atom stereocenters. The van der Waals surface area contributed by atoms with Crippen molar-refractivity contribution in [2.24, 2.45) is 35.5 Å². The fraction of sp³-hybridized carbons (Fsp3) is 0.468. The smallest absolute Gasteiger partial charge is 0.122 e.